The molecule has 0 fully saturated rings. The number of hydrogen-bond acceptors (Lipinski definition) is 6. The van der Waals surface area contributed by atoms with Crippen LogP contribution in [0.5, 0.6) is 0 Å². The van der Waals surface area contributed by atoms with Crippen molar-refractivity contribution >= 4 is 33.4 Å². The van der Waals surface area contributed by atoms with Crippen molar-refractivity contribution in [3.05, 3.63) is 64.9 Å². The van der Waals surface area contributed by atoms with E-state index in [-0.39, 0.29) is 5.91 Å². The number of amides is 1. The van der Waals surface area contributed by atoms with Crippen LogP contribution < -0.4 is 5.32 Å². The van der Waals surface area contributed by atoms with Gasteiger partial charge in [-0.1, -0.05) is 6.07 Å². The molecule has 4 aromatic rings. The summed E-state index contributed by atoms with van der Waals surface area (Å²) in [4.78, 5) is 30.2. The fraction of sp³-hybridized carbons (Fsp3) is 0.105. The molecule has 3 aromatic heterocycles. The summed E-state index contributed by atoms with van der Waals surface area (Å²) < 4.78 is 0. The van der Waals surface area contributed by atoms with E-state index in [1.165, 1.54) is 11.3 Å². The predicted molar refractivity (Wildman–Crippen MR) is 102 cm³/mol. The number of nitrogens with one attached hydrogen (secondary N) is 1. The van der Waals surface area contributed by atoms with Gasteiger partial charge in [-0.2, -0.15) is 0 Å². The summed E-state index contributed by atoms with van der Waals surface area (Å²) >= 11 is 1.36. The lowest BCUT2D eigenvalue weighted by atomic mass is 10.1. The van der Waals surface area contributed by atoms with Gasteiger partial charge in [0.15, 0.2) is 5.13 Å². The molecular formula is C19H15N5OS. The third kappa shape index (κ3) is 3.16. The fourth-order valence-electron chi connectivity index (χ4n) is 2.50. The third-order valence-corrected chi connectivity index (χ3v) is 4.75. The van der Waals surface area contributed by atoms with Gasteiger partial charge >= 0.3 is 0 Å². The number of benzene rings is 1. The first-order valence-electron chi connectivity index (χ1n) is 8.03. The maximum Gasteiger partial charge on any atom is 0.257 e. The smallest absolute Gasteiger partial charge is 0.257 e. The highest BCUT2D eigenvalue weighted by Crippen LogP contribution is 2.24. The molecule has 0 unspecified atom stereocenters. The average Bonchev–Trinajstić information content (AvgIpc) is 3.11. The highest BCUT2D eigenvalue weighted by atomic mass is 32.1. The van der Waals surface area contributed by atoms with E-state index in [4.69, 9.17) is 0 Å². The number of nitrogens with zero attached hydrogens (tertiary/aromatic N) is 4. The SMILES string of the molecule is Cc1nc2ccc(C(=O)Nc3nc(-c4ccccn4)cs3)cc2nc1C. The second kappa shape index (κ2) is 6.61. The number of aryl methyl sites for hydroxylation is 2. The van der Waals surface area contributed by atoms with Gasteiger partial charge in [0.1, 0.15) is 5.69 Å². The summed E-state index contributed by atoms with van der Waals surface area (Å²) in [5.74, 6) is -0.228. The standard InChI is InChI=1S/C19H15N5OS/c1-11-12(2)22-16-9-13(6-7-15(16)21-11)18(25)24-19-23-17(10-26-19)14-5-3-4-8-20-14/h3-10H,1-2H3,(H,23,24,25). The molecule has 1 aromatic carbocycles. The minimum absolute atomic E-state index is 0.228. The molecular weight excluding hydrogens is 346 g/mol. The summed E-state index contributed by atoms with van der Waals surface area (Å²) in [6.07, 6.45) is 1.72. The van der Waals surface area contributed by atoms with Gasteiger partial charge in [0.25, 0.3) is 5.91 Å². The molecule has 0 aliphatic heterocycles. The minimum Gasteiger partial charge on any atom is -0.298 e. The summed E-state index contributed by atoms with van der Waals surface area (Å²) in [7, 11) is 0. The Morgan fingerprint density at radius 3 is 2.54 bits per heavy atom. The number of thiazole rings is 1. The minimum atomic E-state index is -0.228. The summed E-state index contributed by atoms with van der Waals surface area (Å²) in [5.41, 5.74) is 5.25. The van der Waals surface area contributed by atoms with E-state index >= 15 is 0 Å². The molecule has 0 radical (unpaired) electrons. The van der Waals surface area contributed by atoms with Crippen molar-refractivity contribution in [2.24, 2.45) is 0 Å². The number of carbonyl (C=O) groups is 1. The quantitative estimate of drug-likeness (QED) is 0.596. The fourth-order valence-corrected chi connectivity index (χ4v) is 3.20. The van der Waals surface area contributed by atoms with E-state index in [0.29, 0.717) is 16.2 Å². The zero-order chi connectivity index (χ0) is 18.1. The molecule has 1 amide bonds. The van der Waals surface area contributed by atoms with E-state index in [1.807, 2.05) is 43.5 Å². The third-order valence-electron chi connectivity index (χ3n) is 3.99. The summed E-state index contributed by atoms with van der Waals surface area (Å²) in [6.45, 7) is 3.83. The molecule has 0 aliphatic rings. The van der Waals surface area contributed by atoms with E-state index in [9.17, 15) is 4.79 Å². The van der Waals surface area contributed by atoms with Gasteiger partial charge in [-0.05, 0) is 44.2 Å². The van der Waals surface area contributed by atoms with Crippen molar-refractivity contribution in [1.82, 2.24) is 19.9 Å². The van der Waals surface area contributed by atoms with Crippen molar-refractivity contribution in [3.63, 3.8) is 0 Å². The van der Waals surface area contributed by atoms with Crippen LogP contribution in [-0.2, 0) is 0 Å². The van der Waals surface area contributed by atoms with Crippen molar-refractivity contribution in [2.75, 3.05) is 5.32 Å². The normalized spacial score (nSPS) is 10.8. The van der Waals surface area contributed by atoms with Crippen molar-refractivity contribution < 1.29 is 4.79 Å². The topological polar surface area (TPSA) is 80.7 Å². The van der Waals surface area contributed by atoms with Crippen LogP contribution in [0.2, 0.25) is 0 Å². The molecule has 128 valence electrons. The van der Waals surface area contributed by atoms with Crippen LogP contribution in [0.1, 0.15) is 21.7 Å². The van der Waals surface area contributed by atoms with E-state index in [1.54, 1.807) is 18.3 Å². The van der Waals surface area contributed by atoms with Gasteiger partial charge in [-0.25, -0.2) is 15.0 Å². The molecule has 26 heavy (non-hydrogen) atoms. The van der Waals surface area contributed by atoms with Crippen LogP contribution in [0, 0.1) is 13.8 Å². The maximum atomic E-state index is 12.5. The Balaban J connectivity index is 1.58. The number of fused-ring (bicyclic) bond motifs is 1. The van der Waals surface area contributed by atoms with Crippen LogP contribution in [0.25, 0.3) is 22.4 Å². The largest absolute Gasteiger partial charge is 0.298 e. The van der Waals surface area contributed by atoms with Crippen LogP contribution in [0.15, 0.2) is 48.0 Å². The predicted octanol–water partition coefficient (Wildman–Crippen LogP) is 4.02. The number of carbonyl (C=O) groups excluding carboxylic acids is 1. The molecule has 0 aliphatic carbocycles. The second-order valence-corrected chi connectivity index (χ2v) is 6.66. The van der Waals surface area contributed by atoms with Crippen molar-refractivity contribution in [2.45, 2.75) is 13.8 Å². The van der Waals surface area contributed by atoms with Gasteiger partial charge in [-0.15, -0.1) is 11.3 Å². The van der Waals surface area contributed by atoms with Gasteiger partial charge < -0.3 is 0 Å². The first kappa shape index (κ1) is 16.3. The Morgan fingerprint density at radius 1 is 0.962 bits per heavy atom. The lowest BCUT2D eigenvalue weighted by Gasteiger charge is -2.05. The molecule has 6 nitrogen and oxygen atoms in total. The Morgan fingerprint density at radius 2 is 1.77 bits per heavy atom. The van der Waals surface area contributed by atoms with Gasteiger partial charge in [0.05, 0.1) is 28.1 Å². The molecule has 0 spiro atoms. The van der Waals surface area contributed by atoms with Crippen molar-refractivity contribution in [1.29, 1.82) is 0 Å². The van der Waals surface area contributed by atoms with Gasteiger partial charge in [0.2, 0.25) is 0 Å². The highest BCUT2D eigenvalue weighted by Gasteiger charge is 2.12. The second-order valence-electron chi connectivity index (χ2n) is 5.80. The summed E-state index contributed by atoms with van der Waals surface area (Å²) in [6, 6.07) is 10.9. The van der Waals surface area contributed by atoms with Crippen LogP contribution in [0.4, 0.5) is 5.13 Å². The summed E-state index contributed by atoms with van der Waals surface area (Å²) in [5, 5.41) is 5.23. The lowest BCUT2D eigenvalue weighted by Crippen LogP contribution is -2.12. The molecule has 1 N–H and O–H groups in total. The first-order chi connectivity index (χ1) is 12.6. The Bertz CT molecular complexity index is 1110. The average molecular weight is 361 g/mol. The number of rotatable bonds is 3. The zero-order valence-corrected chi connectivity index (χ0v) is 15.0. The van der Waals surface area contributed by atoms with Crippen LogP contribution in [0.3, 0.4) is 0 Å². The highest BCUT2D eigenvalue weighted by molar-refractivity contribution is 7.14. The molecule has 3 heterocycles. The van der Waals surface area contributed by atoms with Crippen molar-refractivity contribution in [3.8, 4) is 11.4 Å². The number of anilines is 1. The van der Waals surface area contributed by atoms with Gasteiger partial charge in [-0.3, -0.25) is 15.1 Å². The van der Waals surface area contributed by atoms with E-state index in [2.05, 4.69) is 25.3 Å². The number of aromatic nitrogens is 4. The molecule has 0 saturated heterocycles. The Labute approximate surface area is 154 Å². The molecule has 0 bridgehead atoms. The Kier molecular flexibility index (Phi) is 4.14. The molecule has 4 rings (SSSR count). The van der Waals surface area contributed by atoms with Gasteiger partial charge in [0, 0.05) is 17.1 Å². The molecule has 0 atom stereocenters. The zero-order valence-electron chi connectivity index (χ0n) is 14.2. The number of pyridine rings is 1. The van der Waals surface area contributed by atoms with Crippen LogP contribution in [-0.4, -0.2) is 25.8 Å². The van der Waals surface area contributed by atoms with E-state index in [0.717, 1.165) is 28.3 Å². The molecule has 7 heteroatoms. The maximum absolute atomic E-state index is 12.5. The lowest BCUT2D eigenvalue weighted by molar-refractivity contribution is 0.102. The number of hydrogen-bond donors (Lipinski definition) is 1. The van der Waals surface area contributed by atoms with Crippen LogP contribution >= 0.6 is 11.3 Å². The monoisotopic (exact) mass is 361 g/mol. The first-order valence-corrected chi connectivity index (χ1v) is 8.91. The Hall–Kier alpha value is -3.19. The van der Waals surface area contributed by atoms with E-state index < -0.39 is 0 Å². The molecule has 0 saturated carbocycles.